The lowest BCUT2D eigenvalue weighted by atomic mass is 9.68. The molecule has 0 saturated carbocycles. The van der Waals surface area contributed by atoms with E-state index in [-0.39, 0.29) is 22.9 Å². The Labute approximate surface area is 175 Å². The van der Waals surface area contributed by atoms with E-state index in [9.17, 15) is 14.0 Å². The van der Waals surface area contributed by atoms with Crippen molar-refractivity contribution < 1.29 is 14.0 Å². The van der Waals surface area contributed by atoms with Crippen LogP contribution in [0.2, 0.25) is 0 Å². The number of allylic oxidation sites excluding steroid dienone is 3. The quantitative estimate of drug-likeness (QED) is 0.791. The Morgan fingerprint density at radius 2 is 1.93 bits per heavy atom. The highest BCUT2D eigenvalue weighted by Crippen LogP contribution is 2.46. The SMILES string of the molecule is CC1=C(C(=O)Nc2cccnc2)C(c2ccc(F)cc2)C2=C(CC(C)(C)CC2=O)N1. The summed E-state index contributed by atoms with van der Waals surface area (Å²) in [5.74, 6) is -1.21. The first-order chi connectivity index (χ1) is 14.2. The molecule has 0 bridgehead atoms. The van der Waals surface area contributed by atoms with Crippen LogP contribution in [0.15, 0.2) is 71.3 Å². The summed E-state index contributed by atoms with van der Waals surface area (Å²) in [5.41, 5.74) is 3.72. The fourth-order valence-electron chi connectivity index (χ4n) is 4.36. The largest absolute Gasteiger partial charge is 0.362 e. The molecule has 2 heterocycles. The van der Waals surface area contributed by atoms with E-state index >= 15 is 0 Å². The van der Waals surface area contributed by atoms with Crippen LogP contribution in [-0.4, -0.2) is 16.7 Å². The molecule has 1 aliphatic heterocycles. The molecular weight excluding hydrogens is 381 g/mol. The number of carbonyl (C=O) groups is 2. The maximum Gasteiger partial charge on any atom is 0.254 e. The molecule has 0 saturated heterocycles. The lowest BCUT2D eigenvalue weighted by Gasteiger charge is -2.39. The zero-order valence-corrected chi connectivity index (χ0v) is 17.3. The Hall–Kier alpha value is -3.28. The summed E-state index contributed by atoms with van der Waals surface area (Å²) in [6.45, 7) is 5.96. The Bertz CT molecular complexity index is 1070. The third-order valence-electron chi connectivity index (χ3n) is 5.61. The molecule has 6 heteroatoms. The predicted octanol–water partition coefficient (Wildman–Crippen LogP) is 4.46. The van der Waals surface area contributed by atoms with Gasteiger partial charge in [0.25, 0.3) is 5.91 Å². The summed E-state index contributed by atoms with van der Waals surface area (Å²) in [6, 6.07) is 9.51. The van der Waals surface area contributed by atoms with Crippen molar-refractivity contribution in [1.82, 2.24) is 10.3 Å². The van der Waals surface area contributed by atoms with Crippen molar-refractivity contribution in [3.05, 3.63) is 82.7 Å². The maximum atomic E-state index is 13.6. The normalized spacial score (nSPS) is 20.5. The number of amides is 1. The molecule has 1 atom stereocenters. The number of halogens is 1. The first-order valence-electron chi connectivity index (χ1n) is 9.96. The summed E-state index contributed by atoms with van der Waals surface area (Å²) < 4.78 is 13.6. The van der Waals surface area contributed by atoms with E-state index in [4.69, 9.17) is 0 Å². The van der Waals surface area contributed by atoms with Crippen LogP contribution in [0, 0.1) is 11.2 Å². The highest BCUT2D eigenvalue weighted by Gasteiger charge is 2.42. The van der Waals surface area contributed by atoms with Gasteiger partial charge in [-0.3, -0.25) is 14.6 Å². The first kappa shape index (κ1) is 20.0. The van der Waals surface area contributed by atoms with Crippen molar-refractivity contribution in [2.24, 2.45) is 5.41 Å². The molecule has 0 radical (unpaired) electrons. The van der Waals surface area contributed by atoms with Crippen molar-refractivity contribution in [3.8, 4) is 0 Å². The molecule has 30 heavy (non-hydrogen) atoms. The highest BCUT2D eigenvalue weighted by molar-refractivity contribution is 6.09. The molecule has 2 aliphatic rings. The molecule has 0 spiro atoms. The van der Waals surface area contributed by atoms with Crippen molar-refractivity contribution in [1.29, 1.82) is 0 Å². The van der Waals surface area contributed by atoms with Gasteiger partial charge in [0.1, 0.15) is 5.82 Å². The van der Waals surface area contributed by atoms with Crippen LogP contribution in [0.3, 0.4) is 0 Å². The topological polar surface area (TPSA) is 71.1 Å². The zero-order valence-electron chi connectivity index (χ0n) is 17.3. The number of ketones is 1. The minimum absolute atomic E-state index is 0.0160. The van der Waals surface area contributed by atoms with Crippen molar-refractivity contribution in [2.75, 3.05) is 5.32 Å². The Kier molecular flexibility index (Phi) is 5.02. The van der Waals surface area contributed by atoms with Crippen LogP contribution < -0.4 is 10.6 Å². The summed E-state index contributed by atoms with van der Waals surface area (Å²) >= 11 is 0. The number of hydrogen-bond acceptors (Lipinski definition) is 4. The van der Waals surface area contributed by atoms with Crippen LogP contribution in [0.25, 0.3) is 0 Å². The van der Waals surface area contributed by atoms with Crippen molar-refractivity contribution in [2.45, 2.75) is 39.5 Å². The van der Waals surface area contributed by atoms with Gasteiger partial charge in [-0.2, -0.15) is 0 Å². The van der Waals surface area contributed by atoms with Gasteiger partial charge in [-0.1, -0.05) is 26.0 Å². The van der Waals surface area contributed by atoms with E-state index in [1.165, 1.54) is 12.1 Å². The summed E-state index contributed by atoms with van der Waals surface area (Å²) in [4.78, 5) is 30.5. The van der Waals surface area contributed by atoms with Gasteiger partial charge >= 0.3 is 0 Å². The van der Waals surface area contributed by atoms with Gasteiger partial charge in [0.15, 0.2) is 5.78 Å². The zero-order chi connectivity index (χ0) is 21.5. The molecule has 2 aromatic rings. The second-order valence-corrected chi connectivity index (χ2v) is 8.68. The lowest BCUT2D eigenvalue weighted by Crippen LogP contribution is -2.39. The van der Waals surface area contributed by atoms with E-state index in [1.807, 2.05) is 6.92 Å². The summed E-state index contributed by atoms with van der Waals surface area (Å²) in [5, 5.41) is 6.19. The first-order valence-corrected chi connectivity index (χ1v) is 9.96. The van der Waals surface area contributed by atoms with E-state index in [1.54, 1.807) is 36.7 Å². The molecule has 4 rings (SSSR count). The standard InChI is InChI=1S/C24H24FN3O2/c1-14-20(23(30)28-17-5-4-10-26-13-17)21(15-6-8-16(25)9-7-15)22-18(27-14)11-24(2,3)12-19(22)29/h4-10,13,21,27H,11-12H2,1-3H3,(H,28,30). The third-order valence-corrected chi connectivity index (χ3v) is 5.61. The Morgan fingerprint density at radius 1 is 1.20 bits per heavy atom. The molecule has 154 valence electrons. The average Bonchev–Trinajstić information content (AvgIpc) is 2.67. The fraction of sp³-hybridized carbons (Fsp3) is 0.292. The predicted molar refractivity (Wildman–Crippen MR) is 113 cm³/mol. The summed E-state index contributed by atoms with van der Waals surface area (Å²) in [7, 11) is 0. The number of dihydropyridines is 1. The van der Waals surface area contributed by atoms with E-state index < -0.39 is 5.92 Å². The molecule has 2 N–H and O–H groups in total. The van der Waals surface area contributed by atoms with Crippen LogP contribution >= 0.6 is 0 Å². The van der Waals surface area contributed by atoms with Gasteiger partial charge < -0.3 is 10.6 Å². The molecular formula is C24H24FN3O2. The third kappa shape index (κ3) is 3.77. The van der Waals surface area contributed by atoms with Crippen LogP contribution in [0.4, 0.5) is 10.1 Å². The Balaban J connectivity index is 1.81. The minimum atomic E-state index is -0.554. The van der Waals surface area contributed by atoms with E-state index in [2.05, 4.69) is 29.5 Å². The number of hydrogen-bond donors (Lipinski definition) is 2. The smallest absolute Gasteiger partial charge is 0.254 e. The molecule has 1 unspecified atom stereocenters. The number of aromatic nitrogens is 1. The molecule has 0 fully saturated rings. The van der Waals surface area contributed by atoms with Crippen LogP contribution in [0.5, 0.6) is 0 Å². The lowest BCUT2D eigenvalue weighted by molar-refractivity contribution is -0.118. The number of anilines is 1. The fourth-order valence-corrected chi connectivity index (χ4v) is 4.36. The highest BCUT2D eigenvalue weighted by atomic mass is 19.1. The average molecular weight is 405 g/mol. The summed E-state index contributed by atoms with van der Waals surface area (Å²) in [6.07, 6.45) is 4.31. The molecule has 1 aromatic carbocycles. The number of Topliss-reactive ketones (excluding diaryl/α,β-unsaturated/α-hetero) is 1. The van der Waals surface area contributed by atoms with Crippen LogP contribution in [-0.2, 0) is 9.59 Å². The second kappa shape index (κ2) is 7.52. The van der Waals surface area contributed by atoms with Gasteiger partial charge in [-0.05, 0) is 48.6 Å². The molecule has 1 aromatic heterocycles. The van der Waals surface area contributed by atoms with E-state index in [0.717, 1.165) is 5.70 Å². The molecule has 1 aliphatic carbocycles. The van der Waals surface area contributed by atoms with Gasteiger partial charge in [0, 0.05) is 41.1 Å². The van der Waals surface area contributed by atoms with E-state index in [0.29, 0.717) is 40.9 Å². The number of nitrogens with zero attached hydrogens (tertiary/aromatic N) is 1. The number of benzene rings is 1. The van der Waals surface area contributed by atoms with Gasteiger partial charge in [-0.25, -0.2) is 4.39 Å². The van der Waals surface area contributed by atoms with Gasteiger partial charge in [-0.15, -0.1) is 0 Å². The number of pyridine rings is 1. The number of carbonyl (C=O) groups excluding carboxylic acids is 2. The van der Waals surface area contributed by atoms with Crippen molar-refractivity contribution in [3.63, 3.8) is 0 Å². The maximum absolute atomic E-state index is 13.6. The molecule has 1 amide bonds. The van der Waals surface area contributed by atoms with Crippen LogP contribution in [0.1, 0.15) is 45.1 Å². The van der Waals surface area contributed by atoms with Gasteiger partial charge in [0.05, 0.1) is 11.9 Å². The molecule has 5 nitrogen and oxygen atoms in total. The van der Waals surface area contributed by atoms with Crippen molar-refractivity contribution >= 4 is 17.4 Å². The number of nitrogens with one attached hydrogen (secondary N) is 2. The minimum Gasteiger partial charge on any atom is -0.362 e. The van der Waals surface area contributed by atoms with Gasteiger partial charge in [0.2, 0.25) is 0 Å². The monoisotopic (exact) mass is 405 g/mol. The Morgan fingerprint density at radius 3 is 2.60 bits per heavy atom. The number of rotatable bonds is 3. The second-order valence-electron chi connectivity index (χ2n) is 8.68.